The molecule has 4 aliphatic rings. The van der Waals surface area contributed by atoms with Crippen molar-refractivity contribution in [3.05, 3.63) is 29.8 Å². The molecule has 5 rings (SSSR count). The van der Waals surface area contributed by atoms with Crippen molar-refractivity contribution >= 4 is 5.91 Å². The van der Waals surface area contributed by atoms with Crippen LogP contribution in [0.15, 0.2) is 24.3 Å². The van der Waals surface area contributed by atoms with Gasteiger partial charge in [-0.25, -0.2) is 0 Å². The van der Waals surface area contributed by atoms with E-state index in [-0.39, 0.29) is 23.1 Å². The molecule has 4 aliphatic carbocycles. The third-order valence-corrected chi connectivity index (χ3v) is 6.26. The molecule has 1 aromatic rings. The lowest BCUT2D eigenvalue weighted by molar-refractivity contribution is -0.147. The van der Waals surface area contributed by atoms with Gasteiger partial charge in [0.2, 0.25) is 5.91 Å². The molecule has 0 heterocycles. The van der Waals surface area contributed by atoms with Gasteiger partial charge >= 0.3 is 0 Å². The van der Waals surface area contributed by atoms with Crippen LogP contribution >= 0.6 is 0 Å². The fraction of sp³-hybridized carbons (Fsp3) is 0.632. The van der Waals surface area contributed by atoms with E-state index in [2.05, 4.69) is 5.32 Å². The fourth-order valence-corrected chi connectivity index (χ4v) is 5.58. The van der Waals surface area contributed by atoms with Crippen molar-refractivity contribution in [2.45, 2.75) is 51.5 Å². The number of carbonyl (C=O) groups is 1. The number of hydrogen-bond acceptors (Lipinski definition) is 2. The minimum absolute atomic E-state index is 0.00102. The van der Waals surface area contributed by atoms with Crippen molar-refractivity contribution < 1.29 is 9.90 Å². The number of carbonyl (C=O) groups excluding carboxylic acids is 1. The summed E-state index contributed by atoms with van der Waals surface area (Å²) in [6, 6.07) is 7.15. The van der Waals surface area contributed by atoms with Crippen LogP contribution in [0, 0.1) is 23.2 Å². The molecule has 0 spiro atoms. The molecular formula is C19H25NO2. The van der Waals surface area contributed by atoms with E-state index < -0.39 is 0 Å². The predicted molar refractivity (Wildman–Crippen MR) is 85.3 cm³/mol. The van der Waals surface area contributed by atoms with E-state index in [4.69, 9.17) is 0 Å². The molecule has 3 nitrogen and oxygen atoms in total. The van der Waals surface area contributed by atoms with E-state index in [9.17, 15) is 9.90 Å². The molecule has 4 saturated carbocycles. The van der Waals surface area contributed by atoms with Crippen molar-refractivity contribution in [3.8, 4) is 5.75 Å². The summed E-state index contributed by atoms with van der Waals surface area (Å²) in [4.78, 5) is 13.0. The molecule has 1 unspecified atom stereocenters. The molecule has 4 bridgehead atoms. The number of phenolic OH excluding ortho intramolecular Hbond substituents is 1. The van der Waals surface area contributed by atoms with Crippen LogP contribution in [-0.2, 0) is 4.79 Å². The van der Waals surface area contributed by atoms with Crippen LogP contribution in [0.25, 0.3) is 0 Å². The van der Waals surface area contributed by atoms with Crippen LogP contribution in [-0.4, -0.2) is 11.0 Å². The van der Waals surface area contributed by atoms with Gasteiger partial charge in [0.1, 0.15) is 5.75 Å². The van der Waals surface area contributed by atoms with E-state index in [0.29, 0.717) is 0 Å². The smallest absolute Gasteiger partial charge is 0.226 e. The van der Waals surface area contributed by atoms with Crippen LogP contribution in [0.3, 0.4) is 0 Å². The molecule has 22 heavy (non-hydrogen) atoms. The SMILES string of the molecule is CC(NC(=O)C12CC3CC(CC(C3)C1)C2)c1ccc(O)cc1. The van der Waals surface area contributed by atoms with Gasteiger partial charge in [0.05, 0.1) is 6.04 Å². The molecule has 0 radical (unpaired) electrons. The van der Waals surface area contributed by atoms with Gasteiger partial charge in [0.15, 0.2) is 0 Å². The summed E-state index contributed by atoms with van der Waals surface area (Å²) in [6.07, 6.45) is 7.40. The molecule has 0 aliphatic heterocycles. The van der Waals surface area contributed by atoms with Crippen LogP contribution in [0.2, 0.25) is 0 Å². The highest BCUT2D eigenvalue weighted by atomic mass is 16.3. The maximum Gasteiger partial charge on any atom is 0.226 e. The molecule has 0 aromatic heterocycles. The van der Waals surface area contributed by atoms with Crippen LogP contribution < -0.4 is 5.32 Å². The second-order valence-electron chi connectivity index (χ2n) is 7.98. The minimum Gasteiger partial charge on any atom is -0.508 e. The molecule has 2 N–H and O–H groups in total. The quantitative estimate of drug-likeness (QED) is 0.892. The monoisotopic (exact) mass is 299 g/mol. The Morgan fingerprint density at radius 3 is 2.09 bits per heavy atom. The maximum absolute atomic E-state index is 13.0. The highest BCUT2D eigenvalue weighted by Gasteiger charge is 2.54. The third-order valence-electron chi connectivity index (χ3n) is 6.26. The van der Waals surface area contributed by atoms with Crippen LogP contribution in [0.1, 0.15) is 57.1 Å². The molecule has 1 aromatic carbocycles. The summed E-state index contributed by atoms with van der Waals surface area (Å²) < 4.78 is 0. The molecular weight excluding hydrogens is 274 g/mol. The van der Waals surface area contributed by atoms with Crippen molar-refractivity contribution in [3.63, 3.8) is 0 Å². The summed E-state index contributed by atoms with van der Waals surface area (Å²) in [5.74, 6) is 2.92. The van der Waals surface area contributed by atoms with Gasteiger partial charge in [-0.1, -0.05) is 12.1 Å². The lowest BCUT2D eigenvalue weighted by atomic mass is 9.49. The van der Waals surface area contributed by atoms with Gasteiger partial charge in [0.25, 0.3) is 0 Å². The van der Waals surface area contributed by atoms with Crippen molar-refractivity contribution in [2.24, 2.45) is 23.2 Å². The Labute approximate surface area is 132 Å². The van der Waals surface area contributed by atoms with E-state index in [0.717, 1.165) is 42.6 Å². The van der Waals surface area contributed by atoms with Gasteiger partial charge in [-0.15, -0.1) is 0 Å². The van der Waals surface area contributed by atoms with Gasteiger partial charge in [-0.3, -0.25) is 4.79 Å². The fourth-order valence-electron chi connectivity index (χ4n) is 5.58. The summed E-state index contributed by atoms with van der Waals surface area (Å²) in [5.41, 5.74) is 0.968. The molecule has 1 atom stereocenters. The second kappa shape index (κ2) is 5.00. The highest BCUT2D eigenvalue weighted by Crippen LogP contribution is 2.60. The summed E-state index contributed by atoms with van der Waals surface area (Å²) in [6.45, 7) is 2.03. The first-order valence-electron chi connectivity index (χ1n) is 8.64. The lowest BCUT2D eigenvalue weighted by Gasteiger charge is -2.55. The number of hydrogen-bond donors (Lipinski definition) is 2. The van der Waals surface area contributed by atoms with Crippen molar-refractivity contribution in [2.75, 3.05) is 0 Å². The Morgan fingerprint density at radius 1 is 1.09 bits per heavy atom. The summed E-state index contributed by atoms with van der Waals surface area (Å²) in [5, 5.41) is 12.6. The Kier molecular flexibility index (Phi) is 3.21. The largest absolute Gasteiger partial charge is 0.508 e. The van der Waals surface area contributed by atoms with E-state index in [1.165, 1.54) is 19.3 Å². The number of benzene rings is 1. The minimum atomic E-state index is -0.0834. The van der Waals surface area contributed by atoms with Crippen molar-refractivity contribution in [1.82, 2.24) is 5.32 Å². The van der Waals surface area contributed by atoms with Gasteiger partial charge in [-0.2, -0.15) is 0 Å². The summed E-state index contributed by atoms with van der Waals surface area (Å²) in [7, 11) is 0. The van der Waals surface area contributed by atoms with E-state index >= 15 is 0 Å². The molecule has 118 valence electrons. The van der Waals surface area contributed by atoms with Crippen molar-refractivity contribution in [1.29, 1.82) is 0 Å². The zero-order chi connectivity index (χ0) is 15.3. The van der Waals surface area contributed by atoms with Gasteiger partial charge in [-0.05, 0) is 80.9 Å². The third kappa shape index (κ3) is 2.31. The highest BCUT2D eigenvalue weighted by molar-refractivity contribution is 5.83. The number of aromatic hydroxyl groups is 1. The average molecular weight is 299 g/mol. The zero-order valence-corrected chi connectivity index (χ0v) is 13.2. The van der Waals surface area contributed by atoms with E-state index in [1.807, 2.05) is 19.1 Å². The normalized spacial score (nSPS) is 37.0. The molecule has 1 amide bonds. The number of phenols is 1. The Bertz CT molecular complexity index is 542. The molecule has 0 saturated heterocycles. The summed E-state index contributed by atoms with van der Waals surface area (Å²) >= 11 is 0. The first-order valence-corrected chi connectivity index (χ1v) is 8.64. The first kappa shape index (κ1) is 14.1. The second-order valence-corrected chi connectivity index (χ2v) is 7.98. The predicted octanol–water partition coefficient (Wildman–Crippen LogP) is 3.79. The Balaban J connectivity index is 1.49. The Hall–Kier alpha value is -1.51. The van der Waals surface area contributed by atoms with Crippen LogP contribution in [0.4, 0.5) is 0 Å². The van der Waals surface area contributed by atoms with Gasteiger partial charge in [0, 0.05) is 5.41 Å². The number of rotatable bonds is 3. The van der Waals surface area contributed by atoms with Crippen LogP contribution in [0.5, 0.6) is 5.75 Å². The molecule has 3 heteroatoms. The molecule has 4 fully saturated rings. The first-order chi connectivity index (χ1) is 10.5. The average Bonchev–Trinajstić information content (AvgIpc) is 2.46. The number of amides is 1. The van der Waals surface area contributed by atoms with E-state index in [1.54, 1.807) is 12.1 Å². The van der Waals surface area contributed by atoms with Gasteiger partial charge < -0.3 is 10.4 Å². The Morgan fingerprint density at radius 2 is 1.59 bits per heavy atom. The maximum atomic E-state index is 13.0. The lowest BCUT2D eigenvalue weighted by Crippen LogP contribution is -2.53. The number of nitrogens with one attached hydrogen (secondary N) is 1. The topological polar surface area (TPSA) is 49.3 Å². The standard InChI is InChI=1S/C19H25NO2/c1-12(16-2-4-17(21)5-3-16)20-18(22)19-9-13-6-14(10-19)8-15(7-13)11-19/h2-5,12-15,21H,6-11H2,1H3,(H,20,22). The zero-order valence-electron chi connectivity index (χ0n) is 13.2.